The lowest BCUT2D eigenvalue weighted by Crippen LogP contribution is -2.31. The van der Waals surface area contributed by atoms with Crippen molar-refractivity contribution >= 4 is 5.78 Å². The monoisotopic (exact) mass is 1390 g/mol. The minimum atomic E-state index is -0.189. The van der Waals surface area contributed by atoms with E-state index in [4.69, 9.17) is 4.74 Å². The average Bonchev–Trinajstić information content (AvgIpc) is 1.48. The van der Waals surface area contributed by atoms with Crippen molar-refractivity contribution in [1.29, 1.82) is 0 Å². The summed E-state index contributed by atoms with van der Waals surface area (Å²) < 4.78 is 5.74. The Bertz CT molecular complexity index is 5930. The number of aryl methyl sites for hydroxylation is 6. The lowest BCUT2D eigenvalue weighted by atomic mass is 9.67. The van der Waals surface area contributed by atoms with Gasteiger partial charge in [0, 0.05) is 41.1 Å². The average molecular weight is 1390 g/mol. The third-order valence-electron chi connectivity index (χ3n) is 26.8. The largest absolute Gasteiger partial charge is 0.380 e. The molecule has 24 rings (SSSR count). The molecule has 0 amide bonds. The third-order valence-corrected chi connectivity index (χ3v) is 26.8. The highest BCUT2D eigenvalue weighted by Crippen LogP contribution is 2.64. The molecule has 1 heterocycles. The Hall–Kier alpha value is -11.3. The van der Waals surface area contributed by atoms with E-state index in [9.17, 15) is 4.79 Å². The first kappa shape index (κ1) is 66.2. The molecule has 0 N–H and O–H groups in total. The predicted molar refractivity (Wildman–Crippen MR) is 444 cm³/mol. The van der Waals surface area contributed by atoms with E-state index in [1.807, 2.05) is 0 Å². The van der Waals surface area contributed by atoms with Crippen LogP contribution in [0.25, 0.3) is 66.8 Å². The van der Waals surface area contributed by atoms with E-state index in [0.717, 1.165) is 58.2 Å². The Balaban J connectivity index is 0.0000000893. The standard InChI is InChI=1S/C26H18.2C22H18.C19H18O.C17H16O/c1-17-14-15-21-20-10-4-7-13-24(20)26(25(21)16-17)22-11-5-2-8-18(22)19-9-3-6-12-23(19)26;1-15-10-11-18-17-7-3-5-9-20(17)22(21(18)14-15)13-12-16-6-2-4-8-19(16)22;1-15-10-11-19-18-8-4-5-9-20(18)22(21(19)12-15)13-16-6-2-3-7-17(16)14-22;1-13-6-7-16-15-4-2-3-5-17(15)19(18(16)12-13)10-8-14(20)9-11-19;1-12-6-7-14-13-4-2-3-5-15(13)17(16(14)10-12)8-9-18-11-17/h2-16H,1H3;2-11,14H,12-13H2,1H3;2-12H,13-14H2,1H3;2-7,12H,8-11H2,1H3;2-7,10H,8-9,11H2,1H3. The molecule has 1 aliphatic heterocycles. The summed E-state index contributed by atoms with van der Waals surface area (Å²) in [5, 5.41) is 0. The van der Waals surface area contributed by atoms with Crippen LogP contribution in [0, 0.1) is 34.6 Å². The van der Waals surface area contributed by atoms with Crippen LogP contribution < -0.4 is 0 Å². The van der Waals surface area contributed by atoms with Gasteiger partial charge in [0.1, 0.15) is 5.78 Å². The molecule has 1 saturated heterocycles. The highest BCUT2D eigenvalue weighted by Gasteiger charge is 2.53. The van der Waals surface area contributed by atoms with E-state index in [1.165, 1.54) is 196 Å². The van der Waals surface area contributed by atoms with Gasteiger partial charge in [0.15, 0.2) is 0 Å². The number of carbonyl (C=O) groups excluding carboxylic acids is 1. The molecule has 2 atom stereocenters. The maximum absolute atomic E-state index is 11.7. The van der Waals surface area contributed by atoms with Gasteiger partial charge in [0.25, 0.3) is 0 Å². The molecule has 10 aliphatic rings. The van der Waals surface area contributed by atoms with Crippen molar-refractivity contribution in [2.24, 2.45) is 0 Å². The summed E-state index contributed by atoms with van der Waals surface area (Å²) in [6.07, 6.45) is 9.15. The molecule has 2 heteroatoms. The molecule has 2 unspecified atom stereocenters. The topological polar surface area (TPSA) is 26.3 Å². The first-order valence-electron chi connectivity index (χ1n) is 39.4. The Kier molecular flexibility index (Phi) is 15.6. The van der Waals surface area contributed by atoms with Gasteiger partial charge in [-0.3, -0.25) is 4.79 Å². The maximum atomic E-state index is 11.7. The quantitative estimate of drug-likeness (QED) is 0.151. The molecule has 14 aromatic rings. The van der Waals surface area contributed by atoms with Crippen LogP contribution in [0.1, 0.15) is 155 Å². The van der Waals surface area contributed by atoms with Crippen LogP contribution in [0.4, 0.5) is 0 Å². The van der Waals surface area contributed by atoms with Crippen molar-refractivity contribution in [2.45, 2.75) is 119 Å². The summed E-state index contributed by atoms with van der Waals surface area (Å²) in [7, 11) is 0. The van der Waals surface area contributed by atoms with Gasteiger partial charge in [-0.25, -0.2) is 0 Å². The van der Waals surface area contributed by atoms with Gasteiger partial charge in [-0.15, -0.1) is 0 Å². The normalized spacial score (nSPS) is 18.7. The van der Waals surface area contributed by atoms with E-state index in [-0.39, 0.29) is 27.1 Å². The van der Waals surface area contributed by atoms with Gasteiger partial charge < -0.3 is 4.74 Å². The summed E-state index contributed by atoms with van der Waals surface area (Å²) in [5.41, 5.74) is 47.3. The van der Waals surface area contributed by atoms with Gasteiger partial charge in [-0.2, -0.15) is 0 Å². The number of rotatable bonds is 0. The van der Waals surface area contributed by atoms with Crippen LogP contribution in [0.3, 0.4) is 0 Å². The summed E-state index contributed by atoms with van der Waals surface area (Å²) in [6.45, 7) is 12.7. The second kappa shape index (κ2) is 25.4. The molecule has 14 aromatic carbocycles. The van der Waals surface area contributed by atoms with Crippen LogP contribution in [0.2, 0.25) is 0 Å². The number of Topliss-reactive ketones (excluding diaryl/α,β-unsaturated/α-hetero) is 1. The Morgan fingerprint density at radius 1 is 0.241 bits per heavy atom. The van der Waals surface area contributed by atoms with Crippen molar-refractivity contribution in [3.63, 3.8) is 0 Å². The second-order valence-corrected chi connectivity index (χ2v) is 32.6. The molecule has 2 fully saturated rings. The Labute approximate surface area is 636 Å². The molecule has 108 heavy (non-hydrogen) atoms. The number of hydrogen-bond donors (Lipinski definition) is 0. The van der Waals surface area contributed by atoms with E-state index in [1.54, 1.807) is 0 Å². The smallest absolute Gasteiger partial charge is 0.133 e. The summed E-state index contributed by atoms with van der Waals surface area (Å²) >= 11 is 0. The van der Waals surface area contributed by atoms with Crippen molar-refractivity contribution < 1.29 is 9.53 Å². The molecule has 0 bridgehead atoms. The van der Waals surface area contributed by atoms with Crippen molar-refractivity contribution in [3.05, 3.63) is 426 Å². The molecule has 1 saturated carbocycles. The minimum Gasteiger partial charge on any atom is -0.380 e. The SMILES string of the molecule is Cc1ccc2c(c1)C1(CCC(=O)CC1)c1ccccc1-2.Cc1ccc2c(c1)C1(CCOC1)c1ccccc1-2.Cc1ccc2c(c1)C1(CCc3ccccc31)c1ccccc1-2.Cc1ccc2c(c1)C1(Cc3ccccc3C1)c1ccccc1-2.Cc1ccc2c(c1)C1(c3ccccc3-c3ccccc31)c1ccccc1-2. The van der Waals surface area contributed by atoms with Gasteiger partial charge >= 0.3 is 0 Å². The first-order valence-corrected chi connectivity index (χ1v) is 39.4. The number of carbonyl (C=O) groups is 1. The van der Waals surface area contributed by atoms with E-state index >= 15 is 0 Å². The molecule has 0 radical (unpaired) electrons. The Morgan fingerprint density at radius 2 is 0.546 bits per heavy atom. The second-order valence-electron chi connectivity index (χ2n) is 32.6. The van der Waals surface area contributed by atoms with Gasteiger partial charge in [0.05, 0.1) is 12.0 Å². The van der Waals surface area contributed by atoms with Crippen LogP contribution in [-0.4, -0.2) is 19.0 Å². The zero-order chi connectivity index (χ0) is 72.7. The fourth-order valence-electron chi connectivity index (χ4n) is 22.0. The minimum absolute atomic E-state index is 0.0779. The number of fused-ring (bicyclic) bond motifs is 33. The molecule has 5 spiro atoms. The van der Waals surface area contributed by atoms with E-state index in [0.29, 0.717) is 5.78 Å². The summed E-state index contributed by atoms with van der Waals surface area (Å²) in [5.74, 6) is 0.425. The van der Waals surface area contributed by atoms with Crippen LogP contribution in [-0.2, 0) is 55.9 Å². The van der Waals surface area contributed by atoms with Crippen molar-refractivity contribution in [3.8, 4) is 66.8 Å². The summed E-state index contributed by atoms with van der Waals surface area (Å²) in [6, 6.07) is 115. The van der Waals surface area contributed by atoms with Crippen molar-refractivity contribution in [2.75, 3.05) is 13.2 Å². The number of benzene rings is 14. The van der Waals surface area contributed by atoms with Gasteiger partial charge in [-0.1, -0.05) is 337 Å². The first-order chi connectivity index (χ1) is 52.9. The van der Waals surface area contributed by atoms with Crippen LogP contribution >= 0.6 is 0 Å². The zero-order valence-electron chi connectivity index (χ0n) is 62.5. The predicted octanol–water partition coefficient (Wildman–Crippen LogP) is 24.7. The molecular weight excluding hydrogens is 1310 g/mol. The number of ketones is 1. The fraction of sp³-hybridized carbons (Fsp3) is 0.198. The van der Waals surface area contributed by atoms with E-state index in [2.05, 4.69) is 344 Å². The lowest BCUT2D eigenvalue weighted by Gasteiger charge is -2.35. The zero-order valence-corrected chi connectivity index (χ0v) is 62.5. The molecule has 0 aromatic heterocycles. The lowest BCUT2D eigenvalue weighted by molar-refractivity contribution is -0.121. The number of ether oxygens (including phenoxy) is 1. The van der Waals surface area contributed by atoms with E-state index < -0.39 is 0 Å². The van der Waals surface area contributed by atoms with Crippen molar-refractivity contribution in [1.82, 2.24) is 0 Å². The van der Waals surface area contributed by atoms with Crippen LogP contribution in [0.15, 0.2) is 309 Å². The van der Waals surface area contributed by atoms with Gasteiger partial charge in [0.2, 0.25) is 0 Å². The molecule has 2 nitrogen and oxygen atoms in total. The third kappa shape index (κ3) is 9.77. The maximum Gasteiger partial charge on any atom is 0.133 e. The van der Waals surface area contributed by atoms with Crippen LogP contribution in [0.5, 0.6) is 0 Å². The molecular formula is C106H88O2. The highest BCUT2D eigenvalue weighted by molar-refractivity contribution is 5.96. The fourth-order valence-corrected chi connectivity index (χ4v) is 22.0. The summed E-state index contributed by atoms with van der Waals surface area (Å²) in [4.78, 5) is 11.7. The molecule has 9 aliphatic carbocycles. The Morgan fingerprint density at radius 3 is 0.991 bits per heavy atom. The molecule has 524 valence electrons. The van der Waals surface area contributed by atoms with Gasteiger partial charge in [-0.05, 0) is 235 Å². The number of hydrogen-bond acceptors (Lipinski definition) is 2. The highest BCUT2D eigenvalue weighted by atomic mass is 16.5.